The number of thiophene rings is 1. The van der Waals surface area contributed by atoms with Crippen LogP contribution in [0.1, 0.15) is 12.0 Å². The minimum absolute atomic E-state index is 0.708. The summed E-state index contributed by atoms with van der Waals surface area (Å²) < 4.78 is 5.06. The lowest BCUT2D eigenvalue weighted by Gasteiger charge is -2.04. The van der Waals surface area contributed by atoms with Crippen molar-refractivity contribution in [3.63, 3.8) is 0 Å². The molecule has 96 valence electrons. The molecular weight excluding hydrogens is 246 g/mol. The van der Waals surface area contributed by atoms with E-state index in [0.29, 0.717) is 6.61 Å². The highest BCUT2D eigenvalue weighted by Gasteiger charge is 2.07. The number of ether oxygens (including phenoxy) is 1. The van der Waals surface area contributed by atoms with Gasteiger partial charge in [0.05, 0.1) is 29.6 Å². The molecule has 0 fully saturated rings. The first kappa shape index (κ1) is 12.9. The summed E-state index contributed by atoms with van der Waals surface area (Å²) in [5.41, 5.74) is 2.31. The molecule has 5 heteroatoms. The molecule has 0 amide bonds. The van der Waals surface area contributed by atoms with E-state index in [2.05, 4.69) is 33.5 Å². The van der Waals surface area contributed by atoms with Crippen molar-refractivity contribution >= 4 is 11.3 Å². The number of hydrogen-bond acceptors (Lipinski definition) is 4. The molecule has 0 bridgehead atoms. The third kappa shape index (κ3) is 3.45. The van der Waals surface area contributed by atoms with Crippen LogP contribution in [0.4, 0.5) is 0 Å². The number of nitrogens with zero attached hydrogens (tertiary/aromatic N) is 1. The van der Waals surface area contributed by atoms with E-state index in [1.165, 1.54) is 16.7 Å². The molecule has 0 radical (unpaired) electrons. The predicted octanol–water partition coefficient (Wildman–Crippen LogP) is 2.78. The molecule has 0 aliphatic heterocycles. The molecule has 0 saturated heterocycles. The van der Waals surface area contributed by atoms with Gasteiger partial charge in [0, 0.05) is 12.1 Å². The Morgan fingerprint density at radius 2 is 2.50 bits per heavy atom. The zero-order valence-electron chi connectivity index (χ0n) is 10.2. The van der Waals surface area contributed by atoms with Crippen LogP contribution in [0, 0.1) is 0 Å². The number of H-pyrrole nitrogens is 1. The molecule has 2 N–H and O–H groups in total. The van der Waals surface area contributed by atoms with Gasteiger partial charge in [0.2, 0.25) is 0 Å². The zero-order chi connectivity index (χ0) is 12.6. The Hall–Kier alpha value is -1.59. The van der Waals surface area contributed by atoms with Gasteiger partial charge in [0.15, 0.2) is 0 Å². The number of aromatic nitrogens is 2. The molecule has 2 heterocycles. The lowest BCUT2D eigenvalue weighted by Crippen LogP contribution is -2.16. The van der Waals surface area contributed by atoms with Crippen LogP contribution < -0.4 is 5.32 Å². The van der Waals surface area contributed by atoms with E-state index in [4.69, 9.17) is 4.74 Å². The number of rotatable bonds is 8. The van der Waals surface area contributed by atoms with Gasteiger partial charge in [-0.2, -0.15) is 5.10 Å². The first-order valence-corrected chi connectivity index (χ1v) is 6.79. The fraction of sp³-hybridized carbons (Fsp3) is 0.308. The maximum absolute atomic E-state index is 5.06. The first-order chi connectivity index (χ1) is 8.92. The first-order valence-electron chi connectivity index (χ1n) is 5.91. The SMILES string of the molecule is C=COCCCNCc1cn[nH]c1-c1cccs1. The van der Waals surface area contributed by atoms with Crippen molar-refractivity contribution in [2.24, 2.45) is 0 Å². The Bertz CT molecular complexity index is 464. The Labute approximate surface area is 111 Å². The van der Waals surface area contributed by atoms with Gasteiger partial charge >= 0.3 is 0 Å². The highest BCUT2D eigenvalue weighted by molar-refractivity contribution is 7.13. The molecule has 0 aliphatic rings. The van der Waals surface area contributed by atoms with Crippen molar-refractivity contribution in [3.8, 4) is 10.6 Å². The summed E-state index contributed by atoms with van der Waals surface area (Å²) in [6.07, 6.45) is 4.32. The van der Waals surface area contributed by atoms with Crippen LogP contribution in [-0.2, 0) is 11.3 Å². The predicted molar refractivity (Wildman–Crippen MR) is 74.4 cm³/mol. The van der Waals surface area contributed by atoms with Crippen molar-refractivity contribution in [2.75, 3.05) is 13.2 Å². The normalized spacial score (nSPS) is 10.4. The van der Waals surface area contributed by atoms with E-state index in [-0.39, 0.29) is 0 Å². The second-order valence-electron chi connectivity index (χ2n) is 3.82. The topological polar surface area (TPSA) is 49.9 Å². The van der Waals surface area contributed by atoms with E-state index in [1.807, 2.05) is 12.3 Å². The zero-order valence-corrected chi connectivity index (χ0v) is 11.0. The highest BCUT2D eigenvalue weighted by atomic mass is 32.1. The molecule has 2 aromatic heterocycles. The van der Waals surface area contributed by atoms with E-state index >= 15 is 0 Å². The molecule has 0 aromatic carbocycles. The van der Waals surface area contributed by atoms with Crippen LogP contribution in [0.2, 0.25) is 0 Å². The summed E-state index contributed by atoms with van der Waals surface area (Å²) in [7, 11) is 0. The molecule has 2 rings (SSSR count). The van der Waals surface area contributed by atoms with Gasteiger partial charge in [-0.3, -0.25) is 5.10 Å². The Morgan fingerprint density at radius 3 is 3.28 bits per heavy atom. The fourth-order valence-corrected chi connectivity index (χ4v) is 2.42. The maximum atomic E-state index is 5.06. The van der Waals surface area contributed by atoms with Crippen LogP contribution in [0.15, 0.2) is 36.6 Å². The summed E-state index contributed by atoms with van der Waals surface area (Å²) in [4.78, 5) is 1.22. The molecule has 0 spiro atoms. The minimum Gasteiger partial charge on any atom is -0.502 e. The monoisotopic (exact) mass is 263 g/mol. The van der Waals surface area contributed by atoms with E-state index in [1.54, 1.807) is 11.3 Å². The smallest absolute Gasteiger partial charge is 0.0885 e. The average molecular weight is 263 g/mol. The number of nitrogens with one attached hydrogen (secondary N) is 2. The van der Waals surface area contributed by atoms with E-state index in [9.17, 15) is 0 Å². The van der Waals surface area contributed by atoms with Crippen LogP contribution in [0.5, 0.6) is 0 Å². The molecule has 0 atom stereocenters. The van der Waals surface area contributed by atoms with Gasteiger partial charge in [0.1, 0.15) is 0 Å². The Morgan fingerprint density at radius 1 is 1.56 bits per heavy atom. The third-order valence-corrected chi connectivity index (χ3v) is 3.42. The number of hydrogen-bond donors (Lipinski definition) is 2. The van der Waals surface area contributed by atoms with Crippen LogP contribution in [0.3, 0.4) is 0 Å². The molecule has 0 unspecified atom stereocenters. The molecule has 18 heavy (non-hydrogen) atoms. The molecule has 2 aromatic rings. The van der Waals surface area contributed by atoms with Gasteiger partial charge in [0.25, 0.3) is 0 Å². The lowest BCUT2D eigenvalue weighted by molar-refractivity contribution is 0.244. The van der Waals surface area contributed by atoms with Crippen molar-refractivity contribution in [2.45, 2.75) is 13.0 Å². The maximum Gasteiger partial charge on any atom is 0.0885 e. The standard InChI is InChI=1S/C13H17N3OS/c1-2-17-7-4-6-14-9-11-10-15-16-13(11)12-5-3-8-18-12/h2-3,5,8,10,14H,1,4,6-7,9H2,(H,15,16). The van der Waals surface area contributed by atoms with Gasteiger partial charge in [-0.1, -0.05) is 12.6 Å². The number of aromatic amines is 1. The highest BCUT2D eigenvalue weighted by Crippen LogP contribution is 2.25. The average Bonchev–Trinajstić information content (AvgIpc) is 3.03. The van der Waals surface area contributed by atoms with Gasteiger partial charge in [-0.15, -0.1) is 11.3 Å². The van der Waals surface area contributed by atoms with Crippen LogP contribution >= 0.6 is 11.3 Å². The summed E-state index contributed by atoms with van der Waals surface area (Å²) in [5.74, 6) is 0. The summed E-state index contributed by atoms with van der Waals surface area (Å²) in [5, 5.41) is 12.6. The Balaban J connectivity index is 1.80. The van der Waals surface area contributed by atoms with E-state index in [0.717, 1.165) is 25.2 Å². The van der Waals surface area contributed by atoms with E-state index < -0.39 is 0 Å². The van der Waals surface area contributed by atoms with Crippen molar-refractivity contribution in [3.05, 3.63) is 42.1 Å². The second-order valence-corrected chi connectivity index (χ2v) is 4.76. The molecule has 0 aliphatic carbocycles. The van der Waals surface area contributed by atoms with Gasteiger partial charge in [-0.25, -0.2) is 0 Å². The molecule has 0 saturated carbocycles. The summed E-state index contributed by atoms with van der Waals surface area (Å²) >= 11 is 1.72. The second kappa shape index (κ2) is 6.98. The summed E-state index contributed by atoms with van der Waals surface area (Å²) in [6.45, 7) is 5.95. The molecular formula is C13H17N3OS. The largest absolute Gasteiger partial charge is 0.502 e. The lowest BCUT2D eigenvalue weighted by atomic mass is 10.2. The minimum atomic E-state index is 0.708. The quantitative estimate of drug-likeness (QED) is 0.569. The van der Waals surface area contributed by atoms with Crippen molar-refractivity contribution in [1.82, 2.24) is 15.5 Å². The van der Waals surface area contributed by atoms with Crippen LogP contribution in [0.25, 0.3) is 10.6 Å². The van der Waals surface area contributed by atoms with Crippen molar-refractivity contribution < 1.29 is 4.74 Å². The third-order valence-electron chi connectivity index (χ3n) is 2.53. The van der Waals surface area contributed by atoms with Gasteiger partial charge < -0.3 is 10.1 Å². The Kier molecular flexibility index (Phi) is 4.99. The van der Waals surface area contributed by atoms with Gasteiger partial charge in [-0.05, 0) is 24.4 Å². The summed E-state index contributed by atoms with van der Waals surface area (Å²) in [6, 6.07) is 4.14. The van der Waals surface area contributed by atoms with Crippen molar-refractivity contribution in [1.29, 1.82) is 0 Å². The fourth-order valence-electron chi connectivity index (χ4n) is 1.67. The molecule has 4 nitrogen and oxygen atoms in total. The van der Waals surface area contributed by atoms with Crippen LogP contribution in [-0.4, -0.2) is 23.3 Å².